The number of hydrogen-bond donors (Lipinski definition) is 3. The molecule has 1 saturated carbocycles. The summed E-state index contributed by atoms with van der Waals surface area (Å²) in [6, 6.07) is 11.6. The smallest absolute Gasteiger partial charge is 0.163 e. The van der Waals surface area contributed by atoms with E-state index in [2.05, 4.69) is 12.1 Å². The summed E-state index contributed by atoms with van der Waals surface area (Å²) in [7, 11) is 4.73. The van der Waals surface area contributed by atoms with Crippen LogP contribution in [0.1, 0.15) is 99.8 Å². The van der Waals surface area contributed by atoms with Gasteiger partial charge in [-0.05, 0) is 77.8 Å². The molecule has 0 aliphatic heterocycles. The summed E-state index contributed by atoms with van der Waals surface area (Å²) < 4.78 is 15.9. The third-order valence-corrected chi connectivity index (χ3v) is 8.01. The molecule has 3 N–H and O–H groups in total. The van der Waals surface area contributed by atoms with E-state index in [0.717, 1.165) is 35.1 Å². The molecule has 3 aromatic rings. The van der Waals surface area contributed by atoms with Crippen LogP contribution in [0.15, 0.2) is 36.4 Å². The van der Waals surface area contributed by atoms with E-state index in [-0.39, 0.29) is 48.4 Å². The van der Waals surface area contributed by atoms with Crippen LogP contribution in [0, 0.1) is 0 Å². The van der Waals surface area contributed by atoms with Crippen molar-refractivity contribution in [2.75, 3.05) is 21.3 Å². The number of methoxy groups -OCH3 is 3. The minimum Gasteiger partial charge on any atom is -0.507 e. The van der Waals surface area contributed by atoms with E-state index in [1.54, 1.807) is 27.4 Å². The highest BCUT2D eigenvalue weighted by molar-refractivity contribution is 5.97. The van der Waals surface area contributed by atoms with Crippen molar-refractivity contribution in [3.8, 4) is 17.2 Å². The summed E-state index contributed by atoms with van der Waals surface area (Å²) in [4.78, 5) is 12.3. The molecule has 1 fully saturated rings. The summed E-state index contributed by atoms with van der Waals surface area (Å²) in [5.74, 6) is 0.513. The van der Waals surface area contributed by atoms with Gasteiger partial charge >= 0.3 is 0 Å². The number of ketones is 1. The predicted molar refractivity (Wildman–Crippen MR) is 158 cm³/mol. The average molecular weight is 563 g/mol. The van der Waals surface area contributed by atoms with E-state index >= 15 is 0 Å². The second-order valence-electron chi connectivity index (χ2n) is 11.1. The Bertz CT molecular complexity index is 1340. The largest absolute Gasteiger partial charge is 0.507 e. The first-order valence-corrected chi connectivity index (χ1v) is 14.3. The van der Waals surface area contributed by atoms with Crippen molar-refractivity contribution >= 4 is 5.78 Å². The first-order chi connectivity index (χ1) is 19.7. The highest BCUT2D eigenvalue weighted by atomic mass is 16.5. The zero-order chi connectivity index (χ0) is 29.5. The molecule has 220 valence electrons. The lowest BCUT2D eigenvalue weighted by Crippen LogP contribution is -2.07. The van der Waals surface area contributed by atoms with Crippen LogP contribution in [-0.4, -0.2) is 42.4 Å². The first-order valence-electron chi connectivity index (χ1n) is 14.3. The average Bonchev–Trinajstić information content (AvgIpc) is 2.95. The van der Waals surface area contributed by atoms with Gasteiger partial charge in [0.15, 0.2) is 5.78 Å². The molecular formula is C34H42O7. The molecule has 41 heavy (non-hydrogen) atoms. The Hall–Kier alpha value is -3.39. The van der Waals surface area contributed by atoms with Gasteiger partial charge in [0.1, 0.15) is 17.2 Å². The number of aromatic hydroxyl groups is 3. The zero-order valence-corrected chi connectivity index (χ0v) is 24.6. The topological polar surface area (TPSA) is 105 Å². The molecule has 1 aliphatic rings. The fourth-order valence-corrected chi connectivity index (χ4v) is 6.03. The van der Waals surface area contributed by atoms with Gasteiger partial charge in [-0.3, -0.25) is 4.79 Å². The maximum atomic E-state index is 12.3. The lowest BCUT2D eigenvalue weighted by molar-refractivity contribution is 0.101. The van der Waals surface area contributed by atoms with Gasteiger partial charge in [0.2, 0.25) is 0 Å². The van der Waals surface area contributed by atoms with Gasteiger partial charge in [0, 0.05) is 50.9 Å². The van der Waals surface area contributed by atoms with Crippen LogP contribution in [0.2, 0.25) is 0 Å². The van der Waals surface area contributed by atoms with E-state index in [1.807, 2.05) is 18.2 Å². The highest BCUT2D eigenvalue weighted by Crippen LogP contribution is 2.39. The number of rotatable bonds is 12. The molecule has 3 aromatic carbocycles. The Kier molecular flexibility index (Phi) is 10.4. The van der Waals surface area contributed by atoms with Crippen LogP contribution in [0.4, 0.5) is 0 Å². The standard InChI is InChI=1S/C34H42O7/c1-21(35)31-15-23(14-30(20-41-4)34(31)38)11-27-17-25(24-8-6-5-7-9-24)16-26(32(27)36)10-22-12-28(18-39-2)33(37)29(13-22)19-40-3/h12-17,24,36-38H,5-11,18-20H2,1-4H3. The molecule has 0 bridgehead atoms. The Labute approximate surface area is 242 Å². The minimum atomic E-state index is -0.228. The molecule has 7 heteroatoms. The lowest BCUT2D eigenvalue weighted by Gasteiger charge is -2.24. The monoisotopic (exact) mass is 562 g/mol. The molecule has 0 saturated heterocycles. The van der Waals surface area contributed by atoms with Crippen molar-refractivity contribution in [3.05, 3.63) is 86.5 Å². The van der Waals surface area contributed by atoms with E-state index < -0.39 is 0 Å². The second kappa shape index (κ2) is 14.0. The number of phenolic OH excluding ortho intramolecular Hbond substituents is 3. The van der Waals surface area contributed by atoms with Crippen molar-refractivity contribution in [2.45, 2.75) is 77.6 Å². The van der Waals surface area contributed by atoms with Crippen LogP contribution in [-0.2, 0) is 46.9 Å². The SMILES string of the molecule is COCc1cc(Cc2cc(C3CCCCC3)cc(Cc3cc(COC)c(O)c(C(C)=O)c3)c2O)cc(COC)c1O. The van der Waals surface area contributed by atoms with Gasteiger partial charge in [0.25, 0.3) is 0 Å². The van der Waals surface area contributed by atoms with E-state index in [0.29, 0.717) is 35.4 Å². The zero-order valence-electron chi connectivity index (χ0n) is 24.6. The van der Waals surface area contributed by atoms with E-state index in [9.17, 15) is 20.1 Å². The van der Waals surface area contributed by atoms with Gasteiger partial charge < -0.3 is 29.5 Å². The molecule has 0 spiro atoms. The lowest BCUT2D eigenvalue weighted by atomic mass is 9.81. The van der Waals surface area contributed by atoms with Gasteiger partial charge in [-0.1, -0.05) is 31.4 Å². The van der Waals surface area contributed by atoms with Crippen LogP contribution < -0.4 is 0 Å². The van der Waals surface area contributed by atoms with Crippen molar-refractivity contribution in [1.82, 2.24) is 0 Å². The maximum absolute atomic E-state index is 12.3. The normalized spacial score (nSPS) is 14.0. The quantitative estimate of drug-likeness (QED) is 0.212. The number of carbonyl (C=O) groups excluding carboxylic acids is 1. The summed E-state index contributed by atoms with van der Waals surface area (Å²) in [5, 5.41) is 32.9. The Morgan fingerprint density at radius 2 is 1.10 bits per heavy atom. The fourth-order valence-electron chi connectivity index (χ4n) is 6.03. The first kappa shape index (κ1) is 30.6. The summed E-state index contributed by atoms with van der Waals surface area (Å²) in [5.41, 5.74) is 6.69. The van der Waals surface area contributed by atoms with Crippen LogP contribution >= 0.6 is 0 Å². The van der Waals surface area contributed by atoms with Gasteiger partial charge in [-0.15, -0.1) is 0 Å². The van der Waals surface area contributed by atoms with Crippen LogP contribution in [0.5, 0.6) is 17.2 Å². The van der Waals surface area contributed by atoms with Gasteiger partial charge in [0.05, 0.1) is 25.4 Å². The Morgan fingerprint density at radius 3 is 1.56 bits per heavy atom. The third-order valence-electron chi connectivity index (χ3n) is 8.01. The summed E-state index contributed by atoms with van der Waals surface area (Å²) in [6.07, 6.45) is 6.72. The molecule has 7 nitrogen and oxygen atoms in total. The number of phenols is 3. The molecular weight excluding hydrogens is 520 g/mol. The van der Waals surface area contributed by atoms with Crippen molar-refractivity contribution in [1.29, 1.82) is 0 Å². The number of carbonyl (C=O) groups is 1. The molecule has 0 aromatic heterocycles. The predicted octanol–water partition coefficient (Wildman–Crippen LogP) is 6.67. The summed E-state index contributed by atoms with van der Waals surface area (Å²) in [6.45, 7) is 2.13. The number of ether oxygens (including phenoxy) is 3. The Balaban J connectivity index is 1.79. The van der Waals surface area contributed by atoms with Crippen molar-refractivity contribution in [3.63, 3.8) is 0 Å². The molecule has 0 radical (unpaired) electrons. The Morgan fingerprint density at radius 1 is 0.659 bits per heavy atom. The summed E-state index contributed by atoms with van der Waals surface area (Å²) >= 11 is 0. The van der Waals surface area contributed by atoms with Crippen LogP contribution in [0.25, 0.3) is 0 Å². The molecule has 4 rings (SSSR count). The molecule has 0 unspecified atom stereocenters. The van der Waals surface area contributed by atoms with Crippen molar-refractivity contribution < 1.29 is 34.3 Å². The van der Waals surface area contributed by atoms with Crippen LogP contribution in [0.3, 0.4) is 0 Å². The molecule has 1 aliphatic carbocycles. The molecule has 0 heterocycles. The van der Waals surface area contributed by atoms with E-state index in [4.69, 9.17) is 14.2 Å². The van der Waals surface area contributed by atoms with Gasteiger partial charge in [-0.2, -0.15) is 0 Å². The highest BCUT2D eigenvalue weighted by Gasteiger charge is 2.21. The molecule has 0 amide bonds. The third kappa shape index (κ3) is 7.28. The fraction of sp³-hybridized carbons (Fsp3) is 0.441. The van der Waals surface area contributed by atoms with Gasteiger partial charge in [-0.25, -0.2) is 0 Å². The molecule has 0 atom stereocenters. The number of hydrogen-bond acceptors (Lipinski definition) is 7. The second-order valence-corrected chi connectivity index (χ2v) is 11.1. The number of Topliss-reactive ketones (excluding diaryl/α,β-unsaturated/α-hetero) is 1. The number of benzene rings is 3. The van der Waals surface area contributed by atoms with E-state index in [1.165, 1.54) is 31.7 Å². The maximum Gasteiger partial charge on any atom is 0.163 e. The van der Waals surface area contributed by atoms with Crippen molar-refractivity contribution in [2.24, 2.45) is 0 Å². The minimum absolute atomic E-state index is 0.0602.